The van der Waals surface area contributed by atoms with Gasteiger partial charge in [-0.05, 0) is 24.6 Å². The maximum absolute atomic E-state index is 12.8. The number of thioether (sulfide) groups is 1. The molecular formula is C13H11FN2O3S. The van der Waals surface area contributed by atoms with Gasteiger partial charge in [0.1, 0.15) is 16.4 Å². The lowest BCUT2D eigenvalue weighted by Gasteiger charge is -2.07. The molecule has 0 unspecified atom stereocenters. The van der Waals surface area contributed by atoms with E-state index in [0.717, 1.165) is 17.3 Å². The molecule has 0 fully saturated rings. The predicted molar refractivity (Wildman–Crippen MR) is 72.5 cm³/mol. The maximum Gasteiger partial charge on any atom is 0.346 e. The van der Waals surface area contributed by atoms with Gasteiger partial charge in [0.05, 0.1) is 0 Å². The van der Waals surface area contributed by atoms with E-state index in [1.54, 1.807) is 12.1 Å². The zero-order valence-corrected chi connectivity index (χ0v) is 11.3. The van der Waals surface area contributed by atoms with Crippen LogP contribution in [-0.2, 0) is 5.75 Å². The van der Waals surface area contributed by atoms with Gasteiger partial charge in [-0.15, -0.1) is 11.8 Å². The van der Waals surface area contributed by atoms with Gasteiger partial charge in [-0.1, -0.05) is 12.1 Å². The Kier molecular flexibility index (Phi) is 4.19. The number of aromatic nitrogens is 2. The molecule has 0 aliphatic rings. The number of rotatable bonds is 4. The van der Waals surface area contributed by atoms with E-state index < -0.39 is 11.7 Å². The van der Waals surface area contributed by atoms with Crippen molar-refractivity contribution in [2.24, 2.45) is 0 Å². The lowest BCUT2D eigenvalue weighted by molar-refractivity contribution is 0.0690. The van der Waals surface area contributed by atoms with Crippen LogP contribution < -0.4 is 5.69 Å². The van der Waals surface area contributed by atoms with E-state index >= 15 is 0 Å². The number of carboxylic acids is 1. The molecule has 0 radical (unpaired) electrons. The van der Waals surface area contributed by atoms with Crippen LogP contribution in [0, 0.1) is 12.7 Å². The van der Waals surface area contributed by atoms with Crippen LogP contribution in [0.15, 0.2) is 34.1 Å². The van der Waals surface area contributed by atoms with Crippen LogP contribution in [0.25, 0.3) is 0 Å². The molecule has 0 spiro atoms. The lowest BCUT2D eigenvalue weighted by Crippen LogP contribution is -2.18. The predicted octanol–water partition coefficient (Wildman–Crippen LogP) is 2.21. The molecule has 20 heavy (non-hydrogen) atoms. The summed E-state index contributed by atoms with van der Waals surface area (Å²) < 4.78 is 12.8. The molecule has 104 valence electrons. The summed E-state index contributed by atoms with van der Waals surface area (Å²) in [6.07, 6.45) is 0. The Hall–Kier alpha value is -2.15. The summed E-state index contributed by atoms with van der Waals surface area (Å²) in [5.41, 5.74) is 0.470. The summed E-state index contributed by atoms with van der Waals surface area (Å²) in [5.74, 6) is -1.08. The molecule has 0 aliphatic carbocycles. The third-order valence-corrected chi connectivity index (χ3v) is 3.64. The first kappa shape index (κ1) is 14.3. The largest absolute Gasteiger partial charge is 0.478 e. The second kappa shape index (κ2) is 5.87. The number of hydrogen-bond donors (Lipinski definition) is 2. The van der Waals surface area contributed by atoms with Gasteiger partial charge in [0.25, 0.3) is 0 Å². The van der Waals surface area contributed by atoms with E-state index in [-0.39, 0.29) is 22.1 Å². The van der Waals surface area contributed by atoms with Gasteiger partial charge in [-0.3, -0.25) is 0 Å². The molecule has 1 heterocycles. The van der Waals surface area contributed by atoms with E-state index in [9.17, 15) is 14.0 Å². The average Bonchev–Trinajstić information content (AvgIpc) is 2.36. The molecule has 0 bridgehead atoms. The number of carboxylic acid groups (broad SMARTS) is 1. The number of aromatic carboxylic acids is 1. The summed E-state index contributed by atoms with van der Waals surface area (Å²) in [6, 6.07) is 5.85. The van der Waals surface area contributed by atoms with Gasteiger partial charge in [-0.25, -0.2) is 14.0 Å². The third kappa shape index (κ3) is 3.24. The molecule has 5 nitrogen and oxygen atoms in total. The highest BCUT2D eigenvalue weighted by Gasteiger charge is 2.16. The van der Waals surface area contributed by atoms with Crippen molar-refractivity contribution in [3.63, 3.8) is 0 Å². The van der Waals surface area contributed by atoms with Gasteiger partial charge in [0.2, 0.25) is 0 Å². The molecular weight excluding hydrogens is 283 g/mol. The van der Waals surface area contributed by atoms with Crippen molar-refractivity contribution < 1.29 is 14.3 Å². The first-order valence-corrected chi connectivity index (χ1v) is 6.67. The van der Waals surface area contributed by atoms with Gasteiger partial charge >= 0.3 is 11.7 Å². The van der Waals surface area contributed by atoms with Crippen molar-refractivity contribution >= 4 is 17.7 Å². The minimum absolute atomic E-state index is 0.0169. The number of nitrogens with one attached hydrogen (secondary N) is 1. The Labute approximate surface area is 117 Å². The molecule has 2 N–H and O–H groups in total. The number of nitrogens with zero attached hydrogens (tertiary/aromatic N) is 1. The lowest BCUT2D eigenvalue weighted by atomic mass is 10.2. The molecule has 0 aliphatic heterocycles. The van der Waals surface area contributed by atoms with Crippen LogP contribution in [0.1, 0.15) is 21.6 Å². The zero-order chi connectivity index (χ0) is 14.7. The Balaban J connectivity index is 2.27. The Morgan fingerprint density at radius 2 is 2.05 bits per heavy atom. The van der Waals surface area contributed by atoms with E-state index in [1.165, 1.54) is 19.1 Å². The van der Waals surface area contributed by atoms with Crippen molar-refractivity contribution in [1.29, 1.82) is 0 Å². The first-order valence-electron chi connectivity index (χ1n) is 5.69. The molecule has 2 aromatic rings. The monoisotopic (exact) mass is 294 g/mol. The summed E-state index contributed by atoms with van der Waals surface area (Å²) in [5, 5.41) is 9.30. The fourth-order valence-corrected chi connectivity index (χ4v) is 2.68. The average molecular weight is 294 g/mol. The van der Waals surface area contributed by atoms with Crippen LogP contribution in [-0.4, -0.2) is 21.0 Å². The normalized spacial score (nSPS) is 10.5. The van der Waals surface area contributed by atoms with Gasteiger partial charge < -0.3 is 10.1 Å². The van der Waals surface area contributed by atoms with Gasteiger partial charge in [0, 0.05) is 11.4 Å². The number of aryl methyl sites for hydroxylation is 1. The summed E-state index contributed by atoms with van der Waals surface area (Å²) in [7, 11) is 0. The Morgan fingerprint density at radius 1 is 1.40 bits per heavy atom. The quantitative estimate of drug-likeness (QED) is 0.667. The smallest absolute Gasteiger partial charge is 0.346 e. The van der Waals surface area contributed by atoms with Crippen molar-refractivity contribution in [2.45, 2.75) is 17.7 Å². The molecule has 1 aromatic carbocycles. The van der Waals surface area contributed by atoms with Crippen LogP contribution >= 0.6 is 11.8 Å². The Bertz CT molecular complexity index is 698. The van der Waals surface area contributed by atoms with Crippen LogP contribution in [0.4, 0.5) is 4.39 Å². The molecule has 7 heteroatoms. The van der Waals surface area contributed by atoms with Crippen molar-refractivity contribution in [2.75, 3.05) is 0 Å². The van der Waals surface area contributed by atoms with Crippen molar-refractivity contribution in [3.8, 4) is 0 Å². The molecule has 2 rings (SSSR count). The fourth-order valence-electron chi connectivity index (χ4n) is 1.65. The van der Waals surface area contributed by atoms with Crippen LogP contribution in [0.2, 0.25) is 0 Å². The third-order valence-electron chi connectivity index (χ3n) is 2.59. The van der Waals surface area contributed by atoms with Crippen molar-refractivity contribution in [1.82, 2.24) is 9.97 Å². The number of halogens is 1. The Morgan fingerprint density at radius 3 is 2.65 bits per heavy atom. The topological polar surface area (TPSA) is 83.0 Å². The second-order valence-electron chi connectivity index (χ2n) is 4.07. The minimum atomic E-state index is -1.15. The summed E-state index contributed by atoms with van der Waals surface area (Å²) in [4.78, 5) is 28.5. The minimum Gasteiger partial charge on any atom is -0.478 e. The van der Waals surface area contributed by atoms with Crippen molar-refractivity contribution in [3.05, 3.63) is 57.4 Å². The standard InChI is InChI=1S/C13H11FN2O3S/c1-7-10(12(17)18)11(16-13(19)15-7)20-6-8-2-4-9(14)5-3-8/h2-5H,6H2,1H3,(H,17,18)(H,15,16,19). The van der Waals surface area contributed by atoms with E-state index in [0.29, 0.717) is 5.75 Å². The van der Waals surface area contributed by atoms with Crippen LogP contribution in [0.3, 0.4) is 0 Å². The molecule has 0 atom stereocenters. The number of aromatic amines is 1. The number of carbonyl (C=O) groups is 1. The summed E-state index contributed by atoms with van der Waals surface area (Å²) >= 11 is 1.13. The van der Waals surface area contributed by atoms with Gasteiger partial charge in [-0.2, -0.15) is 4.98 Å². The first-order chi connectivity index (χ1) is 9.47. The highest BCUT2D eigenvalue weighted by Crippen LogP contribution is 2.24. The molecule has 0 saturated heterocycles. The maximum atomic E-state index is 12.8. The molecule has 0 amide bonds. The molecule has 0 saturated carbocycles. The van der Waals surface area contributed by atoms with E-state index in [1.807, 2.05) is 0 Å². The highest BCUT2D eigenvalue weighted by atomic mass is 32.2. The summed E-state index contributed by atoms with van der Waals surface area (Å²) in [6.45, 7) is 1.51. The second-order valence-corrected chi connectivity index (χ2v) is 5.03. The number of hydrogen-bond acceptors (Lipinski definition) is 4. The molecule has 1 aromatic heterocycles. The van der Waals surface area contributed by atoms with E-state index in [4.69, 9.17) is 5.11 Å². The van der Waals surface area contributed by atoms with Gasteiger partial charge in [0.15, 0.2) is 0 Å². The fraction of sp³-hybridized carbons (Fsp3) is 0.154. The number of H-pyrrole nitrogens is 1. The van der Waals surface area contributed by atoms with E-state index in [2.05, 4.69) is 9.97 Å². The number of benzene rings is 1. The highest BCUT2D eigenvalue weighted by molar-refractivity contribution is 7.98. The van der Waals surface area contributed by atoms with Crippen LogP contribution in [0.5, 0.6) is 0 Å². The zero-order valence-electron chi connectivity index (χ0n) is 10.5. The SMILES string of the molecule is Cc1[nH]c(=O)nc(SCc2ccc(F)cc2)c1C(=O)O.